The van der Waals surface area contributed by atoms with Crippen molar-refractivity contribution in [1.82, 2.24) is 0 Å². The van der Waals surface area contributed by atoms with Crippen LogP contribution in [0.1, 0.15) is 42.5 Å². The van der Waals surface area contributed by atoms with E-state index in [1.54, 1.807) is 0 Å². The summed E-state index contributed by atoms with van der Waals surface area (Å²) in [6, 6.07) is 50.3. The van der Waals surface area contributed by atoms with Crippen molar-refractivity contribution in [2.45, 2.75) is 32.1 Å². The predicted octanol–water partition coefficient (Wildman–Crippen LogP) is 12.8. The Bertz CT molecular complexity index is 2460. The minimum atomic E-state index is -0.00625. The minimum Gasteiger partial charge on any atom is -0.0836 e. The molecule has 0 amide bonds. The molecule has 3 aliphatic rings. The van der Waals surface area contributed by atoms with Crippen LogP contribution >= 0.6 is 0 Å². The van der Waals surface area contributed by atoms with Crippen LogP contribution in [-0.2, 0) is 11.8 Å². The van der Waals surface area contributed by atoms with E-state index in [0.29, 0.717) is 0 Å². The first-order valence-corrected chi connectivity index (χ1v) is 16.9. The molecule has 0 aliphatic heterocycles. The molecule has 7 aromatic carbocycles. The second kappa shape index (κ2) is 9.77. The van der Waals surface area contributed by atoms with E-state index in [4.69, 9.17) is 0 Å². The van der Waals surface area contributed by atoms with Crippen molar-refractivity contribution < 1.29 is 0 Å². The zero-order valence-electron chi connectivity index (χ0n) is 26.8. The largest absolute Gasteiger partial charge is 0.0836 e. The molecule has 0 N–H and O–H groups in total. The summed E-state index contributed by atoms with van der Waals surface area (Å²) in [5, 5.41) is 2.70. The average Bonchev–Trinajstić information content (AvgIpc) is 3.57. The van der Waals surface area contributed by atoms with E-state index in [9.17, 15) is 0 Å². The molecule has 3 aliphatic carbocycles. The van der Waals surface area contributed by atoms with Crippen molar-refractivity contribution in [1.29, 1.82) is 0 Å². The average molecular weight is 599 g/mol. The second-order valence-electron chi connectivity index (χ2n) is 13.9. The highest BCUT2D eigenvalue weighted by Crippen LogP contribution is 2.51. The molecule has 0 unspecified atom stereocenters. The van der Waals surface area contributed by atoms with E-state index >= 15 is 0 Å². The van der Waals surface area contributed by atoms with E-state index in [-0.39, 0.29) is 5.41 Å². The van der Waals surface area contributed by atoms with Gasteiger partial charge in [-0.25, -0.2) is 0 Å². The molecule has 0 heterocycles. The van der Waals surface area contributed by atoms with E-state index < -0.39 is 0 Å². The van der Waals surface area contributed by atoms with Gasteiger partial charge in [-0.15, -0.1) is 0 Å². The number of fused-ring (bicyclic) bond motifs is 7. The molecule has 0 nitrogen and oxygen atoms in total. The smallest absolute Gasteiger partial charge is 0.0159 e. The van der Waals surface area contributed by atoms with Crippen molar-refractivity contribution in [2.75, 3.05) is 0 Å². The Kier molecular flexibility index (Phi) is 5.56. The third kappa shape index (κ3) is 3.76. The van der Waals surface area contributed by atoms with Crippen molar-refractivity contribution in [3.63, 3.8) is 0 Å². The Morgan fingerprint density at radius 3 is 1.89 bits per heavy atom. The van der Waals surface area contributed by atoms with Crippen LogP contribution in [0.15, 0.2) is 140 Å². The van der Waals surface area contributed by atoms with Gasteiger partial charge in [0.25, 0.3) is 0 Å². The normalized spacial score (nSPS) is 14.5. The van der Waals surface area contributed by atoms with Gasteiger partial charge in [0, 0.05) is 5.41 Å². The lowest BCUT2D eigenvalue weighted by atomic mass is 9.80. The van der Waals surface area contributed by atoms with Crippen LogP contribution < -0.4 is 0 Å². The lowest BCUT2D eigenvalue weighted by Gasteiger charge is -2.23. The van der Waals surface area contributed by atoms with Gasteiger partial charge in [-0.2, -0.15) is 0 Å². The highest BCUT2D eigenvalue weighted by molar-refractivity contribution is 6.18. The van der Waals surface area contributed by atoms with Gasteiger partial charge >= 0.3 is 0 Å². The molecule has 0 aromatic heterocycles. The third-order valence-corrected chi connectivity index (χ3v) is 11.1. The van der Waals surface area contributed by atoms with Gasteiger partial charge in [-0.05, 0) is 125 Å². The van der Waals surface area contributed by atoms with Gasteiger partial charge < -0.3 is 0 Å². The van der Waals surface area contributed by atoms with E-state index in [0.717, 1.165) is 12.8 Å². The summed E-state index contributed by atoms with van der Waals surface area (Å²) in [5.74, 6) is 0. The predicted molar refractivity (Wildman–Crippen MR) is 200 cm³/mol. The molecule has 0 fully saturated rings. The number of hydrogen-bond acceptors (Lipinski definition) is 0. The van der Waals surface area contributed by atoms with Crippen molar-refractivity contribution in [2.24, 2.45) is 0 Å². The number of hydrogen-bond donors (Lipinski definition) is 0. The quantitative estimate of drug-likeness (QED) is 0.190. The standard InChI is InChI=1S/C47H34/c1-47(2)44-20-8-7-17-39(44)40-22-21-31(28-45(40)47)33-24-23-32(35-13-3-4-14-36(33)35)29-11-9-12-30(27-29)34-25-26-43-38-16-6-5-15-37(38)42-19-10-18-41(34)46(42)43/h3,5-13,15-28H,4,14H2,1-2H3. The Labute approximate surface area is 276 Å². The zero-order valence-corrected chi connectivity index (χ0v) is 26.8. The van der Waals surface area contributed by atoms with Crippen LogP contribution in [0.25, 0.3) is 83.6 Å². The Morgan fingerprint density at radius 1 is 0.447 bits per heavy atom. The van der Waals surface area contributed by atoms with Crippen molar-refractivity contribution in [3.05, 3.63) is 162 Å². The fraction of sp³-hybridized carbons (Fsp3) is 0.106. The van der Waals surface area contributed by atoms with E-state index in [2.05, 4.69) is 159 Å². The molecular weight excluding hydrogens is 565 g/mol. The number of benzene rings is 7. The van der Waals surface area contributed by atoms with Gasteiger partial charge in [0.1, 0.15) is 0 Å². The minimum absolute atomic E-state index is 0.00625. The summed E-state index contributed by atoms with van der Waals surface area (Å²) >= 11 is 0. The molecule has 7 aromatic rings. The maximum Gasteiger partial charge on any atom is 0.0159 e. The highest BCUT2D eigenvalue weighted by atomic mass is 14.4. The first-order chi connectivity index (χ1) is 23.1. The van der Waals surface area contributed by atoms with Crippen molar-refractivity contribution in [3.8, 4) is 66.8 Å². The number of allylic oxidation sites excluding steroid dienone is 1. The topological polar surface area (TPSA) is 0 Å². The summed E-state index contributed by atoms with van der Waals surface area (Å²) in [4.78, 5) is 0. The summed E-state index contributed by atoms with van der Waals surface area (Å²) in [6.45, 7) is 4.74. The molecule has 0 bridgehead atoms. The fourth-order valence-corrected chi connectivity index (χ4v) is 8.86. The van der Waals surface area contributed by atoms with Crippen LogP contribution in [0.2, 0.25) is 0 Å². The van der Waals surface area contributed by atoms with Gasteiger partial charge in [0.15, 0.2) is 0 Å². The van der Waals surface area contributed by atoms with Crippen LogP contribution in [0.3, 0.4) is 0 Å². The Balaban J connectivity index is 1.09. The molecule has 0 saturated heterocycles. The van der Waals surface area contributed by atoms with Crippen LogP contribution in [0.5, 0.6) is 0 Å². The van der Waals surface area contributed by atoms with Crippen LogP contribution in [-0.4, -0.2) is 0 Å². The lowest BCUT2D eigenvalue weighted by Crippen LogP contribution is -2.15. The first kappa shape index (κ1) is 26.7. The monoisotopic (exact) mass is 598 g/mol. The zero-order chi connectivity index (χ0) is 31.3. The summed E-state index contributed by atoms with van der Waals surface area (Å²) < 4.78 is 0. The molecule has 0 heteroatoms. The van der Waals surface area contributed by atoms with Gasteiger partial charge in [0.2, 0.25) is 0 Å². The van der Waals surface area contributed by atoms with Crippen molar-refractivity contribution >= 4 is 16.8 Å². The SMILES string of the molecule is CC1(C)c2ccccc2-c2ccc(-c3ccc(-c4cccc(-c5ccc6c7c(cccc57)-c5ccccc5-6)c4)c4c3CCC=C4)cc21. The molecule has 0 radical (unpaired) electrons. The molecule has 0 atom stereocenters. The van der Waals surface area contributed by atoms with E-state index in [1.807, 2.05) is 0 Å². The molecule has 10 rings (SSSR count). The summed E-state index contributed by atoms with van der Waals surface area (Å²) in [7, 11) is 0. The van der Waals surface area contributed by atoms with Gasteiger partial charge in [0.05, 0.1) is 0 Å². The summed E-state index contributed by atoms with van der Waals surface area (Å²) in [6.07, 6.45) is 6.86. The second-order valence-corrected chi connectivity index (χ2v) is 13.9. The third-order valence-electron chi connectivity index (χ3n) is 11.1. The van der Waals surface area contributed by atoms with Gasteiger partial charge in [-0.1, -0.05) is 147 Å². The van der Waals surface area contributed by atoms with Gasteiger partial charge in [-0.3, -0.25) is 0 Å². The first-order valence-electron chi connectivity index (χ1n) is 16.9. The molecular formula is C47H34. The maximum absolute atomic E-state index is 2.47. The van der Waals surface area contributed by atoms with E-state index in [1.165, 1.54) is 99.8 Å². The molecule has 0 saturated carbocycles. The highest BCUT2D eigenvalue weighted by Gasteiger charge is 2.35. The van der Waals surface area contributed by atoms with Crippen LogP contribution in [0.4, 0.5) is 0 Å². The molecule has 222 valence electrons. The molecule has 0 spiro atoms. The number of rotatable bonds is 3. The Hall–Kier alpha value is -5.46. The van der Waals surface area contributed by atoms with Crippen LogP contribution in [0, 0.1) is 0 Å². The molecule has 47 heavy (non-hydrogen) atoms. The fourth-order valence-electron chi connectivity index (χ4n) is 8.86. The Morgan fingerprint density at radius 2 is 1.04 bits per heavy atom. The maximum atomic E-state index is 2.47. The lowest BCUT2D eigenvalue weighted by molar-refractivity contribution is 0.660. The summed E-state index contributed by atoms with van der Waals surface area (Å²) in [5.41, 5.74) is 21.7.